The van der Waals surface area contributed by atoms with E-state index in [4.69, 9.17) is 22.6 Å². The van der Waals surface area contributed by atoms with Crippen molar-refractivity contribution in [2.75, 3.05) is 19.8 Å². The molecular weight excluding hydrogens is 299 g/mol. The molecule has 1 fully saturated rings. The third-order valence-electron chi connectivity index (χ3n) is 3.99. The van der Waals surface area contributed by atoms with Crippen molar-refractivity contribution >= 4 is 15.9 Å². The monoisotopic (exact) mass is 330 g/mol. The maximum absolute atomic E-state index is 5.98. The zero-order valence-corrected chi connectivity index (χ0v) is 16.1. The summed E-state index contributed by atoms with van der Waals surface area (Å²) in [6.07, 6.45) is 2.64. The molecule has 0 spiro atoms. The van der Waals surface area contributed by atoms with Crippen molar-refractivity contribution < 1.29 is 22.6 Å². The summed E-state index contributed by atoms with van der Waals surface area (Å²) >= 11 is 0. The molecule has 0 radical (unpaired) electrons. The van der Waals surface area contributed by atoms with Gasteiger partial charge in [0.05, 0.1) is 11.2 Å². The van der Waals surface area contributed by atoms with Crippen molar-refractivity contribution in [3.8, 4) is 0 Å². The second-order valence-electron chi connectivity index (χ2n) is 6.23. The fourth-order valence-corrected chi connectivity index (χ4v) is 4.43. The van der Waals surface area contributed by atoms with Crippen LogP contribution in [0.2, 0.25) is 6.32 Å². The van der Waals surface area contributed by atoms with Crippen LogP contribution in [0, 0.1) is 0 Å². The SMILES string of the molecule is CCO[Si](/C=C/CB1OC(C)(C)C(C)(C)O1)(OCC)OCC. The lowest BCUT2D eigenvalue weighted by Crippen LogP contribution is -2.44. The summed E-state index contributed by atoms with van der Waals surface area (Å²) in [7, 11) is -2.98. The van der Waals surface area contributed by atoms with Crippen molar-refractivity contribution in [1.82, 2.24) is 0 Å². The Labute approximate surface area is 136 Å². The minimum Gasteiger partial charge on any atom is -0.403 e. The highest BCUT2D eigenvalue weighted by atomic mass is 28.4. The van der Waals surface area contributed by atoms with E-state index in [0.29, 0.717) is 26.1 Å². The van der Waals surface area contributed by atoms with Crippen LogP contribution in [0.15, 0.2) is 11.8 Å². The van der Waals surface area contributed by atoms with E-state index < -0.39 is 8.80 Å². The fraction of sp³-hybridized carbons (Fsp3) is 0.867. The average molecular weight is 330 g/mol. The molecule has 0 aromatic rings. The van der Waals surface area contributed by atoms with Crippen LogP contribution in [0.5, 0.6) is 0 Å². The van der Waals surface area contributed by atoms with Crippen LogP contribution in [0.4, 0.5) is 0 Å². The van der Waals surface area contributed by atoms with Crippen LogP contribution in [0.3, 0.4) is 0 Å². The Balaban J connectivity index is 2.68. The fourth-order valence-electron chi connectivity index (χ4n) is 2.26. The quantitative estimate of drug-likeness (QED) is 0.608. The van der Waals surface area contributed by atoms with E-state index in [1.165, 1.54) is 0 Å². The number of hydrogen-bond donors (Lipinski definition) is 0. The third-order valence-corrected chi connectivity index (χ3v) is 6.71. The molecule has 0 atom stereocenters. The first-order valence-electron chi connectivity index (χ1n) is 8.17. The number of hydrogen-bond acceptors (Lipinski definition) is 5. The van der Waals surface area contributed by atoms with Crippen molar-refractivity contribution in [2.45, 2.75) is 66.0 Å². The molecular formula is C15H31BO5Si. The number of allylic oxidation sites excluding steroid dienone is 1. The number of rotatable bonds is 9. The second kappa shape index (κ2) is 8.08. The molecule has 0 unspecified atom stereocenters. The first-order valence-corrected chi connectivity index (χ1v) is 9.97. The third kappa shape index (κ3) is 4.91. The second-order valence-corrected chi connectivity index (χ2v) is 8.63. The van der Waals surface area contributed by atoms with E-state index >= 15 is 0 Å². The molecule has 0 N–H and O–H groups in total. The van der Waals surface area contributed by atoms with Crippen LogP contribution < -0.4 is 0 Å². The van der Waals surface area contributed by atoms with Gasteiger partial charge in [-0.3, -0.25) is 0 Å². The summed E-state index contributed by atoms with van der Waals surface area (Å²) < 4.78 is 29.3. The van der Waals surface area contributed by atoms with Gasteiger partial charge in [0.1, 0.15) is 0 Å². The van der Waals surface area contributed by atoms with Crippen LogP contribution in [-0.2, 0) is 22.6 Å². The first-order chi connectivity index (χ1) is 10.2. The molecule has 5 nitrogen and oxygen atoms in total. The molecule has 0 bridgehead atoms. The Morgan fingerprint density at radius 3 is 1.64 bits per heavy atom. The largest absolute Gasteiger partial charge is 0.529 e. The van der Waals surface area contributed by atoms with Gasteiger partial charge in [-0.25, -0.2) is 0 Å². The highest BCUT2D eigenvalue weighted by Crippen LogP contribution is 2.37. The molecule has 0 aromatic heterocycles. The molecule has 0 saturated carbocycles. The lowest BCUT2D eigenvalue weighted by molar-refractivity contribution is 0.00578. The highest BCUT2D eigenvalue weighted by molar-refractivity contribution is 6.66. The Morgan fingerprint density at radius 1 is 0.864 bits per heavy atom. The van der Waals surface area contributed by atoms with E-state index in [9.17, 15) is 0 Å². The van der Waals surface area contributed by atoms with Crippen molar-refractivity contribution in [2.24, 2.45) is 0 Å². The smallest absolute Gasteiger partial charge is 0.403 e. The van der Waals surface area contributed by atoms with Gasteiger partial charge in [-0.1, -0.05) is 6.08 Å². The minimum atomic E-state index is -2.73. The summed E-state index contributed by atoms with van der Waals surface area (Å²) in [5.41, 5.74) is 1.33. The molecule has 1 rings (SSSR count). The molecule has 0 aliphatic carbocycles. The standard InChI is InChI=1S/C15H31BO5Si/c1-8-17-22(18-9-2,19-10-3)13-11-12-16-20-14(4,5)15(6,7)21-16/h11,13H,8-10,12H2,1-7H3/b13-11+. The van der Waals surface area contributed by atoms with Crippen LogP contribution in [0.25, 0.3) is 0 Å². The summed E-state index contributed by atoms with van der Waals surface area (Å²) in [5.74, 6) is 0. The van der Waals surface area contributed by atoms with Crippen LogP contribution >= 0.6 is 0 Å². The average Bonchev–Trinajstić information content (AvgIpc) is 2.58. The van der Waals surface area contributed by atoms with Gasteiger partial charge in [0.25, 0.3) is 0 Å². The zero-order chi connectivity index (χ0) is 16.9. The summed E-state index contributed by atoms with van der Waals surface area (Å²) in [6.45, 7) is 15.7. The highest BCUT2D eigenvalue weighted by Gasteiger charge is 2.50. The van der Waals surface area contributed by atoms with Gasteiger partial charge < -0.3 is 22.6 Å². The van der Waals surface area contributed by atoms with Crippen LogP contribution in [0.1, 0.15) is 48.5 Å². The van der Waals surface area contributed by atoms with E-state index in [1.807, 2.05) is 32.5 Å². The van der Waals surface area contributed by atoms with Gasteiger partial charge in [0.2, 0.25) is 0 Å². The lowest BCUT2D eigenvalue weighted by Gasteiger charge is -2.32. The molecule has 1 heterocycles. The summed E-state index contributed by atoms with van der Waals surface area (Å²) in [6, 6.07) is 0. The predicted octanol–water partition coefficient (Wildman–Crippen LogP) is 3.22. The van der Waals surface area contributed by atoms with E-state index in [0.717, 1.165) is 0 Å². The van der Waals surface area contributed by atoms with Crippen molar-refractivity contribution in [3.05, 3.63) is 11.8 Å². The molecule has 128 valence electrons. The van der Waals surface area contributed by atoms with E-state index in [-0.39, 0.29) is 18.3 Å². The Hall–Kier alpha value is -0.178. The molecule has 0 amide bonds. The summed E-state index contributed by atoms with van der Waals surface area (Å²) in [5, 5.41) is 0. The first kappa shape index (κ1) is 19.9. The van der Waals surface area contributed by atoms with Crippen molar-refractivity contribution in [3.63, 3.8) is 0 Å². The maximum Gasteiger partial charge on any atom is 0.529 e. The molecule has 1 saturated heterocycles. The topological polar surface area (TPSA) is 46.2 Å². The van der Waals surface area contributed by atoms with Crippen molar-refractivity contribution in [1.29, 1.82) is 0 Å². The Kier molecular flexibility index (Phi) is 7.30. The van der Waals surface area contributed by atoms with Gasteiger partial charge in [-0.05, 0) is 54.2 Å². The lowest BCUT2D eigenvalue weighted by atomic mass is 9.85. The Bertz CT molecular complexity index is 340. The maximum atomic E-state index is 5.98. The summed E-state index contributed by atoms with van der Waals surface area (Å²) in [4.78, 5) is 0. The molecule has 1 aliphatic rings. The zero-order valence-electron chi connectivity index (χ0n) is 15.1. The molecule has 7 heteroatoms. The van der Waals surface area contributed by atoms with Crippen LogP contribution in [-0.4, -0.2) is 46.9 Å². The van der Waals surface area contributed by atoms with Gasteiger partial charge >= 0.3 is 15.9 Å². The predicted molar refractivity (Wildman–Crippen MR) is 90.7 cm³/mol. The molecule has 22 heavy (non-hydrogen) atoms. The van der Waals surface area contributed by atoms with Gasteiger partial charge in [-0.15, -0.1) is 0 Å². The van der Waals surface area contributed by atoms with E-state index in [2.05, 4.69) is 27.7 Å². The minimum absolute atomic E-state index is 0.252. The Morgan fingerprint density at radius 2 is 1.27 bits per heavy atom. The van der Waals surface area contributed by atoms with E-state index in [1.54, 1.807) is 0 Å². The van der Waals surface area contributed by atoms with Gasteiger partial charge in [0.15, 0.2) is 0 Å². The molecule has 1 aliphatic heterocycles. The van der Waals surface area contributed by atoms with Gasteiger partial charge in [0, 0.05) is 26.1 Å². The molecule has 0 aromatic carbocycles. The van der Waals surface area contributed by atoms with Gasteiger partial charge in [-0.2, -0.15) is 0 Å². The normalized spacial score (nSPS) is 21.0.